The zero-order valence-electron chi connectivity index (χ0n) is 18.0. The number of nitrogens with zero attached hydrogens (tertiary/aromatic N) is 4. The smallest absolute Gasteiger partial charge is 0.191 e. The number of halogens is 1. The van der Waals surface area contributed by atoms with Crippen LogP contribution in [0.25, 0.3) is 0 Å². The summed E-state index contributed by atoms with van der Waals surface area (Å²) in [4.78, 5) is 6.88. The number of likely N-dealkylation sites (N-methyl/N-ethyl adjacent to an activating group) is 1. The van der Waals surface area contributed by atoms with Crippen LogP contribution in [-0.2, 0) is 7.05 Å². The Balaban J connectivity index is 1.99. The predicted octanol–water partition coefficient (Wildman–Crippen LogP) is 2.57. The van der Waals surface area contributed by atoms with Crippen LogP contribution in [-0.4, -0.2) is 60.5 Å². The lowest BCUT2D eigenvalue weighted by Crippen LogP contribution is -2.43. The van der Waals surface area contributed by atoms with Gasteiger partial charge in [-0.15, -0.1) is 0 Å². The Morgan fingerprint density at radius 3 is 2.69 bits per heavy atom. The van der Waals surface area contributed by atoms with E-state index in [1.54, 1.807) is 16.8 Å². The fourth-order valence-electron chi connectivity index (χ4n) is 2.91. The summed E-state index contributed by atoms with van der Waals surface area (Å²) in [6, 6.07) is 6.35. The lowest BCUT2D eigenvalue weighted by molar-refractivity contribution is 0.198. The average Bonchev–Trinajstić information content (AvgIpc) is 3.10. The monoisotopic (exact) mass is 404 g/mol. The van der Waals surface area contributed by atoms with Gasteiger partial charge in [0.15, 0.2) is 5.96 Å². The SMILES string of the molecule is CCNC(=NCC(c1cnn(C)c1)N(C)C)NCC(CC)Oc1cccc(F)c1. The first-order chi connectivity index (χ1) is 13.9. The number of nitrogens with one attached hydrogen (secondary N) is 2. The maximum Gasteiger partial charge on any atom is 0.191 e. The van der Waals surface area contributed by atoms with E-state index < -0.39 is 0 Å². The van der Waals surface area contributed by atoms with Crippen LogP contribution >= 0.6 is 0 Å². The van der Waals surface area contributed by atoms with E-state index >= 15 is 0 Å². The quantitative estimate of drug-likeness (QED) is 0.471. The molecule has 0 saturated heterocycles. The molecule has 7 nitrogen and oxygen atoms in total. The summed E-state index contributed by atoms with van der Waals surface area (Å²) < 4.78 is 21.1. The largest absolute Gasteiger partial charge is 0.489 e. The minimum Gasteiger partial charge on any atom is -0.489 e. The fourth-order valence-corrected chi connectivity index (χ4v) is 2.91. The normalized spacial score (nSPS) is 14.0. The fraction of sp³-hybridized carbons (Fsp3) is 0.524. The van der Waals surface area contributed by atoms with E-state index in [4.69, 9.17) is 9.73 Å². The Hall–Kier alpha value is -2.61. The van der Waals surface area contributed by atoms with Gasteiger partial charge in [0.2, 0.25) is 0 Å². The lowest BCUT2D eigenvalue weighted by Gasteiger charge is -2.23. The van der Waals surface area contributed by atoms with Crippen LogP contribution in [0.4, 0.5) is 4.39 Å². The number of ether oxygens (including phenoxy) is 1. The number of aromatic nitrogens is 2. The molecule has 2 atom stereocenters. The van der Waals surface area contributed by atoms with E-state index in [0.717, 1.165) is 24.5 Å². The number of hydrogen-bond acceptors (Lipinski definition) is 4. The van der Waals surface area contributed by atoms with E-state index in [-0.39, 0.29) is 18.0 Å². The van der Waals surface area contributed by atoms with Gasteiger partial charge in [-0.25, -0.2) is 4.39 Å². The van der Waals surface area contributed by atoms with Crippen LogP contribution in [0.3, 0.4) is 0 Å². The van der Waals surface area contributed by atoms with Crippen LogP contribution in [0.1, 0.15) is 31.9 Å². The summed E-state index contributed by atoms with van der Waals surface area (Å²) in [7, 11) is 5.98. The molecule has 2 N–H and O–H groups in total. The van der Waals surface area contributed by atoms with Crippen molar-refractivity contribution < 1.29 is 9.13 Å². The van der Waals surface area contributed by atoms with Gasteiger partial charge in [0, 0.05) is 31.4 Å². The number of hydrogen-bond donors (Lipinski definition) is 2. The van der Waals surface area contributed by atoms with E-state index in [2.05, 4.69) is 20.6 Å². The minimum absolute atomic E-state index is 0.0939. The van der Waals surface area contributed by atoms with Gasteiger partial charge in [0.1, 0.15) is 17.7 Å². The molecule has 2 unspecified atom stereocenters. The van der Waals surface area contributed by atoms with Gasteiger partial charge in [-0.1, -0.05) is 13.0 Å². The second-order valence-electron chi connectivity index (χ2n) is 7.13. The molecule has 8 heteroatoms. The highest BCUT2D eigenvalue weighted by atomic mass is 19.1. The molecule has 0 spiro atoms. The molecule has 29 heavy (non-hydrogen) atoms. The third kappa shape index (κ3) is 7.38. The van der Waals surface area contributed by atoms with Crippen molar-refractivity contribution in [2.24, 2.45) is 12.0 Å². The van der Waals surface area contributed by atoms with Crippen molar-refractivity contribution in [3.8, 4) is 5.75 Å². The maximum absolute atomic E-state index is 13.4. The zero-order chi connectivity index (χ0) is 21.2. The van der Waals surface area contributed by atoms with Crippen LogP contribution in [0.5, 0.6) is 5.75 Å². The van der Waals surface area contributed by atoms with Gasteiger partial charge in [0.05, 0.1) is 25.3 Å². The lowest BCUT2D eigenvalue weighted by atomic mass is 10.1. The Labute approximate surface area is 173 Å². The topological polar surface area (TPSA) is 66.7 Å². The molecule has 160 valence electrons. The van der Waals surface area contributed by atoms with Crippen molar-refractivity contribution in [2.45, 2.75) is 32.4 Å². The van der Waals surface area contributed by atoms with Crippen molar-refractivity contribution in [1.82, 2.24) is 25.3 Å². The molecule has 0 amide bonds. The van der Waals surface area contributed by atoms with Crippen molar-refractivity contribution in [1.29, 1.82) is 0 Å². The van der Waals surface area contributed by atoms with E-state index in [9.17, 15) is 4.39 Å². The number of rotatable bonds is 10. The van der Waals surface area contributed by atoms with Gasteiger partial charge >= 0.3 is 0 Å². The molecule has 2 rings (SSSR count). The summed E-state index contributed by atoms with van der Waals surface area (Å²) >= 11 is 0. The molecule has 0 bridgehead atoms. The molecule has 0 aliphatic heterocycles. The predicted molar refractivity (Wildman–Crippen MR) is 115 cm³/mol. The summed E-state index contributed by atoms with van der Waals surface area (Å²) in [6.07, 6.45) is 4.59. The molecule has 0 aliphatic carbocycles. The van der Waals surface area contributed by atoms with E-state index in [0.29, 0.717) is 18.8 Å². The third-order valence-electron chi connectivity index (χ3n) is 4.55. The molecule has 0 radical (unpaired) electrons. The van der Waals surface area contributed by atoms with Gasteiger partial charge in [-0.05, 0) is 39.6 Å². The highest BCUT2D eigenvalue weighted by Gasteiger charge is 2.16. The van der Waals surface area contributed by atoms with Crippen molar-refractivity contribution >= 4 is 5.96 Å². The number of aliphatic imine (C=N–C) groups is 1. The van der Waals surface area contributed by atoms with Crippen molar-refractivity contribution in [3.63, 3.8) is 0 Å². The molecule has 1 heterocycles. The number of guanidine groups is 1. The third-order valence-corrected chi connectivity index (χ3v) is 4.55. The molecule has 0 fully saturated rings. The Morgan fingerprint density at radius 1 is 1.31 bits per heavy atom. The van der Waals surface area contributed by atoms with Crippen LogP contribution < -0.4 is 15.4 Å². The first-order valence-corrected chi connectivity index (χ1v) is 10.0. The highest BCUT2D eigenvalue weighted by Crippen LogP contribution is 2.17. The Bertz CT molecular complexity index is 776. The molecular weight excluding hydrogens is 371 g/mol. The molecule has 2 aromatic rings. The first kappa shape index (κ1) is 22.7. The van der Waals surface area contributed by atoms with Gasteiger partial charge in [-0.3, -0.25) is 9.67 Å². The minimum atomic E-state index is -0.301. The maximum atomic E-state index is 13.4. The van der Waals surface area contributed by atoms with Crippen molar-refractivity contribution in [2.75, 3.05) is 33.7 Å². The van der Waals surface area contributed by atoms with Crippen LogP contribution in [0.15, 0.2) is 41.7 Å². The number of aryl methyl sites for hydroxylation is 1. The molecule has 0 saturated carbocycles. The van der Waals surface area contributed by atoms with Gasteiger partial charge < -0.3 is 20.3 Å². The summed E-state index contributed by atoms with van der Waals surface area (Å²) in [5, 5.41) is 10.9. The Kier molecular flexibility index (Phi) is 8.92. The standard InChI is InChI=1S/C21H33FN6O/c1-6-18(29-19-10-8-9-17(22)11-19)13-24-21(23-7-2)25-14-20(27(3)4)16-12-26-28(5)15-16/h8-12,15,18,20H,6-7,13-14H2,1-5H3,(H2,23,24,25). The van der Waals surface area contributed by atoms with Crippen molar-refractivity contribution in [3.05, 3.63) is 48.0 Å². The summed E-state index contributed by atoms with van der Waals surface area (Å²) in [5.74, 6) is 0.958. The molecular formula is C21H33FN6O. The van der Waals surface area contributed by atoms with Crippen LogP contribution in [0.2, 0.25) is 0 Å². The second kappa shape index (κ2) is 11.4. The Morgan fingerprint density at radius 2 is 2.10 bits per heavy atom. The highest BCUT2D eigenvalue weighted by molar-refractivity contribution is 5.79. The average molecular weight is 405 g/mol. The van der Waals surface area contributed by atoms with E-state index in [1.807, 2.05) is 47.4 Å². The summed E-state index contributed by atoms with van der Waals surface area (Å²) in [5.41, 5.74) is 1.12. The van der Waals surface area contributed by atoms with E-state index in [1.165, 1.54) is 12.1 Å². The molecule has 1 aromatic heterocycles. The number of benzene rings is 1. The van der Waals surface area contributed by atoms with Crippen LogP contribution in [0, 0.1) is 5.82 Å². The molecule has 0 aliphatic rings. The molecule has 1 aromatic carbocycles. The van der Waals surface area contributed by atoms with Gasteiger partial charge in [-0.2, -0.15) is 5.10 Å². The summed E-state index contributed by atoms with van der Waals surface area (Å²) in [6.45, 7) is 5.99. The zero-order valence-corrected chi connectivity index (χ0v) is 18.0. The first-order valence-electron chi connectivity index (χ1n) is 10.0. The van der Waals surface area contributed by atoms with Gasteiger partial charge in [0.25, 0.3) is 0 Å². The second-order valence-corrected chi connectivity index (χ2v) is 7.13.